The van der Waals surface area contributed by atoms with Crippen molar-refractivity contribution < 1.29 is 9.31 Å². The van der Waals surface area contributed by atoms with E-state index in [1.165, 1.54) is 38.9 Å². The Morgan fingerprint density at radius 1 is 0.380 bits per heavy atom. The molecule has 1 saturated heterocycles. The summed E-state index contributed by atoms with van der Waals surface area (Å²) in [4.78, 5) is 0. The summed E-state index contributed by atoms with van der Waals surface area (Å²) in [6.45, 7) is 6.28. The van der Waals surface area contributed by atoms with Crippen LogP contribution in [-0.2, 0) is 9.31 Å². The summed E-state index contributed by atoms with van der Waals surface area (Å²) in [5, 5.41) is 0. The molecule has 1 atom stereocenters. The highest BCUT2D eigenvalue weighted by Crippen LogP contribution is 2.37. The van der Waals surface area contributed by atoms with Crippen molar-refractivity contribution in [1.82, 2.24) is 0 Å². The van der Waals surface area contributed by atoms with Gasteiger partial charge in [0, 0.05) is 0 Å². The Morgan fingerprint density at radius 2 is 0.680 bits per heavy atom. The van der Waals surface area contributed by atoms with Crippen LogP contribution in [0.2, 0.25) is 0 Å². The molecule has 0 aromatic heterocycles. The van der Waals surface area contributed by atoms with Crippen LogP contribution >= 0.6 is 0 Å². The summed E-state index contributed by atoms with van der Waals surface area (Å²) in [6.07, 6.45) is -0.0147. The first kappa shape index (κ1) is 31.8. The van der Waals surface area contributed by atoms with Gasteiger partial charge in [0.2, 0.25) is 0 Å². The minimum absolute atomic E-state index is 0.0147. The second-order valence-corrected chi connectivity index (χ2v) is 13.7. The first-order valence-electron chi connectivity index (χ1n) is 17.4. The quantitative estimate of drug-likeness (QED) is 0.161. The molecule has 1 aliphatic heterocycles. The van der Waals surface area contributed by atoms with E-state index < -0.39 is 7.12 Å². The molecule has 0 bridgehead atoms. The van der Waals surface area contributed by atoms with Crippen molar-refractivity contribution in [2.75, 3.05) is 0 Å². The Kier molecular flexibility index (Phi) is 8.54. The van der Waals surface area contributed by atoms with Gasteiger partial charge in [0.25, 0.3) is 0 Å². The van der Waals surface area contributed by atoms with E-state index in [9.17, 15) is 0 Å². The van der Waals surface area contributed by atoms with Gasteiger partial charge >= 0.3 is 7.12 Å². The summed E-state index contributed by atoms with van der Waals surface area (Å²) >= 11 is 0. The lowest BCUT2D eigenvalue weighted by atomic mass is 9.76. The summed E-state index contributed by atoms with van der Waals surface area (Å²) in [6, 6.07) is 63.2. The molecule has 0 radical (unpaired) electrons. The molecule has 0 aliphatic carbocycles. The van der Waals surface area contributed by atoms with E-state index in [0.29, 0.717) is 0 Å². The molecule has 0 amide bonds. The van der Waals surface area contributed by atoms with Crippen molar-refractivity contribution in [2.45, 2.75) is 32.5 Å². The third-order valence-corrected chi connectivity index (χ3v) is 9.92. The number of rotatable bonds is 7. The van der Waals surface area contributed by atoms with Gasteiger partial charge in [-0.2, -0.15) is 0 Å². The van der Waals surface area contributed by atoms with Gasteiger partial charge in [-0.15, -0.1) is 0 Å². The molecular weight excluding hydrogens is 607 g/mol. The van der Waals surface area contributed by atoms with Gasteiger partial charge in [-0.1, -0.05) is 140 Å². The minimum atomic E-state index is -0.428. The molecule has 0 spiro atoms. The van der Waals surface area contributed by atoms with Crippen molar-refractivity contribution in [3.05, 3.63) is 176 Å². The highest BCUT2D eigenvalue weighted by atomic mass is 16.7. The van der Waals surface area contributed by atoms with Crippen LogP contribution in [0.3, 0.4) is 0 Å². The second-order valence-electron chi connectivity index (χ2n) is 13.7. The van der Waals surface area contributed by atoms with Crippen LogP contribution in [0.5, 0.6) is 0 Å². The van der Waals surface area contributed by atoms with Crippen LogP contribution in [0.15, 0.2) is 176 Å². The molecule has 1 unspecified atom stereocenters. The van der Waals surface area contributed by atoms with Crippen molar-refractivity contribution in [1.29, 1.82) is 0 Å². The Hall–Kier alpha value is -5.48. The van der Waals surface area contributed by atoms with Crippen LogP contribution in [0.25, 0.3) is 66.8 Å². The molecule has 0 N–H and O–H groups in total. The van der Waals surface area contributed by atoms with Crippen LogP contribution in [-0.4, -0.2) is 18.8 Å². The molecule has 2 nitrogen and oxygen atoms in total. The highest BCUT2D eigenvalue weighted by Gasteiger charge is 2.44. The predicted molar refractivity (Wildman–Crippen MR) is 210 cm³/mol. The fraction of sp³-hybridized carbons (Fsp3) is 0.106. The van der Waals surface area contributed by atoms with E-state index in [2.05, 4.69) is 197 Å². The van der Waals surface area contributed by atoms with Gasteiger partial charge in [-0.3, -0.25) is 0 Å². The van der Waals surface area contributed by atoms with E-state index >= 15 is 0 Å². The molecule has 0 saturated carbocycles. The van der Waals surface area contributed by atoms with Crippen LogP contribution in [0, 0.1) is 0 Å². The maximum Gasteiger partial charge on any atom is 0.494 e. The molecule has 8 rings (SSSR count). The Labute approximate surface area is 296 Å². The lowest BCUT2D eigenvalue weighted by Crippen LogP contribution is -2.35. The first-order valence-corrected chi connectivity index (χ1v) is 17.4. The molecular formula is C47H39BO2. The zero-order valence-corrected chi connectivity index (χ0v) is 28.7. The molecule has 1 aliphatic rings. The Bertz CT molecular complexity index is 2260. The first-order chi connectivity index (χ1) is 24.4. The minimum Gasteiger partial charge on any atom is -0.402 e. The smallest absolute Gasteiger partial charge is 0.402 e. The largest absolute Gasteiger partial charge is 0.494 e. The Morgan fingerprint density at radius 3 is 1.08 bits per heavy atom. The SMILES string of the molecule is CC1OB(c2cc(-c3ccccc3)cc(-c3cccc(-c4cc(-c5ccccc5)cc(-c5cccc(-c6ccccc6)c5)c4)c3)c2)OC1(C)C. The predicted octanol–water partition coefficient (Wildman–Crippen LogP) is 11.6. The maximum atomic E-state index is 6.45. The normalized spacial score (nSPS) is 15.3. The fourth-order valence-electron chi connectivity index (χ4n) is 6.79. The van der Waals surface area contributed by atoms with Crippen molar-refractivity contribution in [2.24, 2.45) is 0 Å². The topological polar surface area (TPSA) is 18.5 Å². The standard InChI is InChI=1S/C47H39BO2/c1-33-47(2,3)50-48(49-33)46-31-44(36-19-11-6-12-20-36)30-45(32-46)40-24-14-23-39(26-40)43-28-41(35-17-9-5-10-18-35)27-42(29-43)38-22-13-21-37(25-38)34-15-7-4-8-16-34/h4-33H,1-3H3. The monoisotopic (exact) mass is 646 g/mol. The van der Waals surface area contributed by atoms with Gasteiger partial charge in [-0.25, -0.2) is 0 Å². The maximum absolute atomic E-state index is 6.45. The van der Waals surface area contributed by atoms with Crippen molar-refractivity contribution >= 4 is 12.6 Å². The zero-order chi connectivity index (χ0) is 34.1. The average molecular weight is 647 g/mol. The average Bonchev–Trinajstić information content (AvgIpc) is 3.46. The number of hydrogen-bond donors (Lipinski definition) is 0. The molecule has 50 heavy (non-hydrogen) atoms. The van der Waals surface area contributed by atoms with E-state index in [0.717, 1.165) is 33.3 Å². The van der Waals surface area contributed by atoms with Crippen LogP contribution in [0.4, 0.5) is 0 Å². The lowest BCUT2D eigenvalue weighted by Gasteiger charge is -2.21. The van der Waals surface area contributed by atoms with Crippen LogP contribution < -0.4 is 5.46 Å². The van der Waals surface area contributed by atoms with Gasteiger partial charge in [-0.05, 0) is 129 Å². The van der Waals surface area contributed by atoms with E-state index in [4.69, 9.17) is 9.31 Å². The zero-order valence-electron chi connectivity index (χ0n) is 28.7. The van der Waals surface area contributed by atoms with E-state index in [-0.39, 0.29) is 11.7 Å². The molecule has 7 aromatic rings. The molecule has 1 fully saturated rings. The van der Waals surface area contributed by atoms with Crippen molar-refractivity contribution in [3.63, 3.8) is 0 Å². The number of hydrogen-bond acceptors (Lipinski definition) is 2. The number of benzene rings is 7. The summed E-state index contributed by atoms with van der Waals surface area (Å²) in [5.74, 6) is 0. The molecule has 242 valence electrons. The summed E-state index contributed by atoms with van der Waals surface area (Å²) < 4.78 is 12.8. The van der Waals surface area contributed by atoms with Gasteiger partial charge < -0.3 is 9.31 Å². The van der Waals surface area contributed by atoms with Crippen molar-refractivity contribution in [3.8, 4) is 66.8 Å². The van der Waals surface area contributed by atoms with Crippen LogP contribution in [0.1, 0.15) is 20.8 Å². The molecule has 1 heterocycles. The molecule has 7 aromatic carbocycles. The summed E-state index contributed by atoms with van der Waals surface area (Å²) in [7, 11) is -0.428. The summed E-state index contributed by atoms with van der Waals surface area (Å²) in [5.41, 5.74) is 14.7. The lowest BCUT2D eigenvalue weighted by molar-refractivity contribution is 0.0842. The third-order valence-electron chi connectivity index (χ3n) is 9.92. The highest BCUT2D eigenvalue weighted by molar-refractivity contribution is 6.62. The van der Waals surface area contributed by atoms with Gasteiger partial charge in [0.15, 0.2) is 0 Å². The second kappa shape index (κ2) is 13.4. The van der Waals surface area contributed by atoms with E-state index in [1.54, 1.807) is 0 Å². The molecule has 3 heteroatoms. The van der Waals surface area contributed by atoms with Gasteiger partial charge in [0.05, 0.1) is 11.7 Å². The van der Waals surface area contributed by atoms with E-state index in [1.807, 2.05) is 0 Å². The Balaban J connectivity index is 1.24. The van der Waals surface area contributed by atoms with Gasteiger partial charge in [0.1, 0.15) is 0 Å². The fourth-order valence-corrected chi connectivity index (χ4v) is 6.79. The third kappa shape index (κ3) is 6.58.